The number of pyridine rings is 1. The fraction of sp³-hybridized carbons (Fsp3) is 0.250. The number of carboxylic acid groups (broad SMARTS) is 1. The zero-order valence-electron chi connectivity index (χ0n) is 9.83. The minimum Gasteiger partial charge on any atom is -0.480 e. The topological polar surface area (TPSA) is 82.5 Å². The molecule has 94 valence electrons. The molecule has 0 spiro atoms. The largest absolute Gasteiger partial charge is 0.480 e. The molecule has 18 heavy (non-hydrogen) atoms. The lowest BCUT2D eigenvalue weighted by atomic mass is 10.2. The number of carbonyl (C=O) groups is 2. The molecule has 1 atom stereocenters. The lowest BCUT2D eigenvalue weighted by molar-refractivity contribution is -0.139. The van der Waals surface area contributed by atoms with Crippen molar-refractivity contribution >= 4 is 17.7 Å². The molecule has 0 fully saturated rings. The van der Waals surface area contributed by atoms with E-state index in [1.54, 1.807) is 18.3 Å². The van der Waals surface area contributed by atoms with Gasteiger partial charge in [0.2, 0.25) is 0 Å². The van der Waals surface area contributed by atoms with Gasteiger partial charge in [-0.25, -0.2) is 9.59 Å². The monoisotopic (exact) mass is 247 g/mol. The summed E-state index contributed by atoms with van der Waals surface area (Å²) in [7, 11) is 1.52. The van der Waals surface area contributed by atoms with E-state index in [0.717, 1.165) is 0 Å². The van der Waals surface area contributed by atoms with Gasteiger partial charge in [0.1, 0.15) is 6.04 Å². The summed E-state index contributed by atoms with van der Waals surface area (Å²) in [6, 6.07) is 1.71. The number of hydrogen-bond acceptors (Lipinski definition) is 3. The molecular formula is C12H13N3O3. The number of nitrogens with zero attached hydrogens (tertiary/aromatic N) is 2. The van der Waals surface area contributed by atoms with E-state index in [9.17, 15) is 9.59 Å². The van der Waals surface area contributed by atoms with Crippen LogP contribution in [0.1, 0.15) is 6.42 Å². The Hall–Kier alpha value is -2.55. The van der Waals surface area contributed by atoms with Crippen LogP contribution in [0.4, 0.5) is 10.5 Å². The van der Waals surface area contributed by atoms with Crippen molar-refractivity contribution in [2.24, 2.45) is 0 Å². The number of terminal acetylenes is 1. The van der Waals surface area contributed by atoms with E-state index in [0.29, 0.717) is 5.69 Å². The first-order valence-corrected chi connectivity index (χ1v) is 5.16. The lowest BCUT2D eigenvalue weighted by Crippen LogP contribution is -2.46. The highest BCUT2D eigenvalue weighted by Crippen LogP contribution is 2.09. The Kier molecular flexibility index (Phi) is 4.69. The first-order chi connectivity index (χ1) is 8.56. The molecule has 0 aliphatic carbocycles. The van der Waals surface area contributed by atoms with Crippen LogP contribution in [0.3, 0.4) is 0 Å². The molecule has 6 heteroatoms. The van der Waals surface area contributed by atoms with Crippen LogP contribution in [0.15, 0.2) is 24.5 Å². The zero-order chi connectivity index (χ0) is 13.5. The third-order valence-corrected chi connectivity index (χ3v) is 2.26. The number of anilines is 1. The molecule has 0 radical (unpaired) electrons. The average molecular weight is 247 g/mol. The Morgan fingerprint density at radius 2 is 2.39 bits per heavy atom. The number of carbonyl (C=O) groups excluding carboxylic acids is 1. The lowest BCUT2D eigenvalue weighted by Gasteiger charge is -2.20. The Morgan fingerprint density at radius 3 is 2.89 bits per heavy atom. The van der Waals surface area contributed by atoms with Crippen LogP contribution in [0.2, 0.25) is 0 Å². The molecule has 2 N–H and O–H groups in total. The van der Waals surface area contributed by atoms with Crippen LogP contribution in [0, 0.1) is 12.3 Å². The second-order valence-corrected chi connectivity index (χ2v) is 3.52. The van der Waals surface area contributed by atoms with Crippen LogP contribution in [0.5, 0.6) is 0 Å². The normalized spacial score (nSPS) is 11.1. The zero-order valence-corrected chi connectivity index (χ0v) is 9.83. The first kappa shape index (κ1) is 13.5. The molecule has 1 aromatic heterocycles. The molecule has 0 aliphatic heterocycles. The summed E-state index contributed by atoms with van der Waals surface area (Å²) in [5.41, 5.74) is 0.555. The fourth-order valence-corrected chi connectivity index (χ4v) is 1.23. The smallest absolute Gasteiger partial charge is 0.327 e. The highest BCUT2D eigenvalue weighted by atomic mass is 16.4. The number of nitrogens with one attached hydrogen (secondary N) is 1. The summed E-state index contributed by atoms with van der Waals surface area (Å²) >= 11 is 0. The molecule has 6 nitrogen and oxygen atoms in total. The fourth-order valence-electron chi connectivity index (χ4n) is 1.23. The third kappa shape index (κ3) is 3.49. The van der Waals surface area contributed by atoms with Crippen LogP contribution in [0.25, 0.3) is 0 Å². The van der Waals surface area contributed by atoms with E-state index in [4.69, 9.17) is 11.5 Å². The Morgan fingerprint density at radius 1 is 1.67 bits per heavy atom. The second-order valence-electron chi connectivity index (χ2n) is 3.52. The van der Waals surface area contributed by atoms with Crippen LogP contribution in [-0.2, 0) is 4.79 Å². The molecule has 0 aromatic carbocycles. The molecule has 1 heterocycles. The predicted molar refractivity (Wildman–Crippen MR) is 66.0 cm³/mol. The van der Waals surface area contributed by atoms with E-state index < -0.39 is 18.0 Å². The average Bonchev–Trinajstić information content (AvgIpc) is 2.38. The maximum absolute atomic E-state index is 11.8. The Labute approximate surface area is 105 Å². The summed E-state index contributed by atoms with van der Waals surface area (Å²) in [6.07, 6.45) is 8.05. The molecule has 1 rings (SSSR count). The standard InChI is InChI=1S/C12H13N3O3/c1-3-5-10(11(16)17)14-12(18)15(2)9-6-4-7-13-8-9/h1,4,6-8,10H,5H2,2H3,(H,14,18)(H,16,17). The van der Waals surface area contributed by atoms with Crippen LogP contribution in [-0.4, -0.2) is 35.2 Å². The number of hydrogen-bond donors (Lipinski definition) is 2. The number of aliphatic carboxylic acids is 1. The number of aromatic nitrogens is 1. The van der Waals surface area contributed by atoms with Gasteiger partial charge in [-0.05, 0) is 12.1 Å². The van der Waals surface area contributed by atoms with Gasteiger partial charge in [-0.2, -0.15) is 0 Å². The van der Waals surface area contributed by atoms with Gasteiger partial charge in [-0.1, -0.05) is 0 Å². The SMILES string of the molecule is C#CCC(NC(=O)N(C)c1cccnc1)C(=O)O. The van der Waals surface area contributed by atoms with E-state index in [1.807, 2.05) is 0 Å². The number of urea groups is 1. The number of amides is 2. The van der Waals surface area contributed by atoms with E-state index in [2.05, 4.69) is 16.2 Å². The summed E-state index contributed by atoms with van der Waals surface area (Å²) in [6.45, 7) is 0. The number of carboxylic acids is 1. The van der Waals surface area contributed by atoms with Gasteiger partial charge < -0.3 is 10.4 Å². The number of rotatable bonds is 4. The van der Waals surface area contributed by atoms with E-state index in [1.165, 1.54) is 18.1 Å². The van der Waals surface area contributed by atoms with Gasteiger partial charge in [0.05, 0.1) is 11.9 Å². The van der Waals surface area contributed by atoms with Gasteiger partial charge in [-0.15, -0.1) is 12.3 Å². The van der Waals surface area contributed by atoms with Gasteiger partial charge >= 0.3 is 12.0 Å². The quantitative estimate of drug-likeness (QED) is 0.767. The summed E-state index contributed by atoms with van der Waals surface area (Å²) in [4.78, 5) is 27.8. The van der Waals surface area contributed by atoms with Crippen molar-refractivity contribution < 1.29 is 14.7 Å². The van der Waals surface area contributed by atoms with Crippen molar-refractivity contribution in [3.05, 3.63) is 24.5 Å². The first-order valence-electron chi connectivity index (χ1n) is 5.16. The maximum Gasteiger partial charge on any atom is 0.327 e. The molecule has 0 saturated carbocycles. The molecule has 0 bridgehead atoms. The van der Waals surface area contributed by atoms with Crippen molar-refractivity contribution in [3.63, 3.8) is 0 Å². The Balaban J connectivity index is 2.70. The highest BCUT2D eigenvalue weighted by molar-refractivity contribution is 5.93. The van der Waals surface area contributed by atoms with Crippen molar-refractivity contribution in [2.75, 3.05) is 11.9 Å². The van der Waals surface area contributed by atoms with Gasteiger partial charge in [-0.3, -0.25) is 9.88 Å². The highest BCUT2D eigenvalue weighted by Gasteiger charge is 2.21. The van der Waals surface area contributed by atoms with Gasteiger partial charge in [0.15, 0.2) is 0 Å². The second kappa shape index (κ2) is 6.25. The maximum atomic E-state index is 11.8. The van der Waals surface area contributed by atoms with Crippen molar-refractivity contribution in [1.82, 2.24) is 10.3 Å². The van der Waals surface area contributed by atoms with Crippen molar-refractivity contribution in [1.29, 1.82) is 0 Å². The molecule has 0 saturated heterocycles. The van der Waals surface area contributed by atoms with Crippen molar-refractivity contribution in [3.8, 4) is 12.3 Å². The van der Waals surface area contributed by atoms with E-state index in [-0.39, 0.29) is 6.42 Å². The summed E-state index contributed by atoms with van der Waals surface area (Å²) in [5.74, 6) is 1.04. The van der Waals surface area contributed by atoms with Crippen molar-refractivity contribution in [2.45, 2.75) is 12.5 Å². The van der Waals surface area contributed by atoms with Gasteiger partial charge in [0, 0.05) is 19.7 Å². The molecule has 0 aliphatic rings. The molecular weight excluding hydrogens is 234 g/mol. The summed E-state index contributed by atoms with van der Waals surface area (Å²) in [5, 5.41) is 11.2. The minimum atomic E-state index is -1.17. The van der Waals surface area contributed by atoms with Crippen LogP contribution >= 0.6 is 0 Å². The predicted octanol–water partition coefficient (Wildman–Crippen LogP) is 0.704. The molecule has 1 unspecified atom stereocenters. The third-order valence-electron chi connectivity index (χ3n) is 2.26. The van der Waals surface area contributed by atoms with Gasteiger partial charge in [0.25, 0.3) is 0 Å². The van der Waals surface area contributed by atoms with E-state index >= 15 is 0 Å². The minimum absolute atomic E-state index is 0.0675. The van der Waals surface area contributed by atoms with Crippen LogP contribution < -0.4 is 10.2 Å². The Bertz CT molecular complexity index is 467. The molecule has 1 aromatic rings. The summed E-state index contributed by atoms with van der Waals surface area (Å²) < 4.78 is 0. The molecule has 2 amide bonds.